The largest absolute Gasteiger partial charge is 0.369 e. The summed E-state index contributed by atoms with van der Waals surface area (Å²) in [5.41, 5.74) is 0.0920. The zero-order chi connectivity index (χ0) is 8.51. The molecule has 2 aliphatic heterocycles. The third-order valence-electron chi connectivity index (χ3n) is 4.23. The number of ether oxygens (including phenoxy) is 2. The zero-order valence-electron chi connectivity index (χ0n) is 7.91. The molecule has 1 saturated carbocycles. The van der Waals surface area contributed by atoms with Gasteiger partial charge >= 0.3 is 0 Å². The summed E-state index contributed by atoms with van der Waals surface area (Å²) in [7, 11) is 0. The highest BCUT2D eigenvalue weighted by atomic mass is 16.7. The first-order valence-electron chi connectivity index (χ1n) is 5.04. The fourth-order valence-corrected chi connectivity index (χ4v) is 3.56. The van der Waals surface area contributed by atoms with Crippen LogP contribution < -0.4 is 0 Å². The van der Waals surface area contributed by atoms with Gasteiger partial charge in [0.05, 0.1) is 17.8 Å². The van der Waals surface area contributed by atoms with Gasteiger partial charge in [-0.25, -0.2) is 0 Å². The van der Waals surface area contributed by atoms with Gasteiger partial charge in [-0.1, -0.05) is 13.8 Å². The Morgan fingerprint density at radius 3 is 2.58 bits per heavy atom. The lowest BCUT2D eigenvalue weighted by molar-refractivity contribution is -0.0728. The maximum Gasteiger partial charge on any atom is 0.114 e. The van der Waals surface area contributed by atoms with E-state index in [1.807, 2.05) is 0 Å². The first kappa shape index (κ1) is 7.34. The van der Waals surface area contributed by atoms with Gasteiger partial charge in [0.15, 0.2) is 0 Å². The first-order chi connectivity index (χ1) is 5.70. The van der Waals surface area contributed by atoms with Crippen LogP contribution >= 0.6 is 0 Å². The van der Waals surface area contributed by atoms with Crippen molar-refractivity contribution in [2.75, 3.05) is 0 Å². The van der Waals surface area contributed by atoms with Gasteiger partial charge in [0.2, 0.25) is 0 Å². The Labute approximate surface area is 73.2 Å². The summed E-state index contributed by atoms with van der Waals surface area (Å²) in [5.74, 6) is 1.39. The Hall–Kier alpha value is -0.0800. The van der Waals surface area contributed by atoms with Gasteiger partial charge < -0.3 is 9.47 Å². The minimum Gasteiger partial charge on any atom is -0.369 e. The SMILES string of the molecule is CC[C@@]12O[C@@H](C)[C@H](C3OC31)[C@H]2C. The Balaban J connectivity index is 2.02. The van der Waals surface area contributed by atoms with Crippen LogP contribution in [0.5, 0.6) is 0 Å². The second-order valence-corrected chi connectivity index (χ2v) is 4.52. The normalized spacial score (nSPS) is 66.8. The highest BCUT2D eigenvalue weighted by molar-refractivity contribution is 5.21. The highest BCUT2D eigenvalue weighted by Crippen LogP contribution is 2.63. The van der Waals surface area contributed by atoms with E-state index in [-0.39, 0.29) is 5.60 Å². The van der Waals surface area contributed by atoms with Crippen LogP contribution in [0.1, 0.15) is 27.2 Å². The van der Waals surface area contributed by atoms with E-state index in [2.05, 4.69) is 20.8 Å². The lowest BCUT2D eigenvalue weighted by Gasteiger charge is -2.28. The summed E-state index contributed by atoms with van der Waals surface area (Å²) in [5, 5.41) is 0. The zero-order valence-corrected chi connectivity index (χ0v) is 7.91. The van der Waals surface area contributed by atoms with Crippen LogP contribution in [0.4, 0.5) is 0 Å². The molecule has 6 atom stereocenters. The molecule has 1 aliphatic carbocycles. The van der Waals surface area contributed by atoms with Crippen molar-refractivity contribution in [3.8, 4) is 0 Å². The van der Waals surface area contributed by atoms with E-state index in [9.17, 15) is 0 Å². The lowest BCUT2D eigenvalue weighted by Crippen LogP contribution is -2.38. The van der Waals surface area contributed by atoms with E-state index in [4.69, 9.17) is 9.47 Å². The minimum atomic E-state index is 0.0920. The molecular formula is C10H16O2. The topological polar surface area (TPSA) is 21.8 Å². The average molecular weight is 168 g/mol. The summed E-state index contributed by atoms with van der Waals surface area (Å²) < 4.78 is 11.7. The fourth-order valence-electron chi connectivity index (χ4n) is 3.56. The van der Waals surface area contributed by atoms with E-state index >= 15 is 0 Å². The molecule has 0 spiro atoms. The number of hydrogen-bond donors (Lipinski definition) is 0. The molecule has 2 saturated heterocycles. The number of fused-ring (bicyclic) bond motifs is 5. The van der Waals surface area contributed by atoms with E-state index in [1.165, 1.54) is 0 Å². The molecule has 3 aliphatic rings. The molecule has 0 aromatic carbocycles. The molecule has 0 radical (unpaired) electrons. The highest BCUT2D eigenvalue weighted by Gasteiger charge is 2.74. The van der Waals surface area contributed by atoms with Crippen LogP contribution in [-0.2, 0) is 9.47 Å². The molecule has 2 nitrogen and oxygen atoms in total. The predicted molar refractivity (Wildman–Crippen MR) is 44.9 cm³/mol. The maximum atomic E-state index is 6.04. The van der Waals surface area contributed by atoms with Crippen LogP contribution in [0.15, 0.2) is 0 Å². The molecule has 0 aromatic heterocycles. The minimum absolute atomic E-state index is 0.0920. The molecule has 2 bridgehead atoms. The van der Waals surface area contributed by atoms with E-state index in [1.54, 1.807) is 0 Å². The Bertz CT molecular complexity index is 226. The molecule has 0 aromatic rings. The molecule has 0 amide bonds. The van der Waals surface area contributed by atoms with Crippen molar-refractivity contribution in [1.29, 1.82) is 0 Å². The summed E-state index contributed by atoms with van der Waals surface area (Å²) >= 11 is 0. The Kier molecular flexibility index (Phi) is 1.15. The van der Waals surface area contributed by atoms with Crippen LogP contribution in [0.3, 0.4) is 0 Å². The van der Waals surface area contributed by atoms with Crippen LogP contribution in [0, 0.1) is 11.8 Å². The molecular weight excluding hydrogens is 152 g/mol. The number of epoxide rings is 1. The van der Waals surface area contributed by atoms with Crippen molar-refractivity contribution in [2.45, 2.75) is 51.1 Å². The molecule has 12 heavy (non-hydrogen) atoms. The van der Waals surface area contributed by atoms with Crippen molar-refractivity contribution in [1.82, 2.24) is 0 Å². The van der Waals surface area contributed by atoms with Gasteiger partial charge in [-0.3, -0.25) is 0 Å². The summed E-state index contributed by atoms with van der Waals surface area (Å²) in [6.07, 6.45) is 2.52. The van der Waals surface area contributed by atoms with Crippen molar-refractivity contribution in [2.24, 2.45) is 11.8 Å². The van der Waals surface area contributed by atoms with Gasteiger partial charge in [0, 0.05) is 5.92 Å². The van der Waals surface area contributed by atoms with Gasteiger partial charge in [0.1, 0.15) is 6.10 Å². The van der Waals surface area contributed by atoms with Gasteiger partial charge in [-0.05, 0) is 19.3 Å². The van der Waals surface area contributed by atoms with Gasteiger partial charge in [-0.2, -0.15) is 0 Å². The molecule has 0 N–H and O–H groups in total. The molecule has 68 valence electrons. The third kappa shape index (κ3) is 0.549. The molecule has 2 unspecified atom stereocenters. The second-order valence-electron chi connectivity index (χ2n) is 4.52. The summed E-state index contributed by atoms with van der Waals surface area (Å²) in [4.78, 5) is 0. The maximum absolute atomic E-state index is 6.04. The standard InChI is InChI=1S/C10H16O2/c1-4-10-5(2)7(6(3)12-10)8-9(10)11-8/h5-9H,4H2,1-3H3/t5-,6+,7-,8?,9?,10+/m1/s1. The molecule has 2 heteroatoms. The second kappa shape index (κ2) is 1.88. The molecule has 3 rings (SSSR count). The number of rotatable bonds is 1. The van der Waals surface area contributed by atoms with Gasteiger partial charge in [-0.15, -0.1) is 0 Å². The van der Waals surface area contributed by atoms with Crippen LogP contribution in [0.2, 0.25) is 0 Å². The quantitative estimate of drug-likeness (QED) is 0.554. The fraction of sp³-hybridized carbons (Fsp3) is 1.00. The van der Waals surface area contributed by atoms with Crippen LogP contribution in [0.25, 0.3) is 0 Å². The van der Waals surface area contributed by atoms with Crippen molar-refractivity contribution in [3.05, 3.63) is 0 Å². The summed E-state index contributed by atoms with van der Waals surface area (Å²) in [6.45, 7) is 6.74. The van der Waals surface area contributed by atoms with Crippen molar-refractivity contribution < 1.29 is 9.47 Å². The third-order valence-corrected chi connectivity index (χ3v) is 4.23. The smallest absolute Gasteiger partial charge is 0.114 e. The van der Waals surface area contributed by atoms with Crippen molar-refractivity contribution >= 4 is 0 Å². The Morgan fingerprint density at radius 1 is 1.33 bits per heavy atom. The van der Waals surface area contributed by atoms with Crippen molar-refractivity contribution in [3.63, 3.8) is 0 Å². The summed E-state index contributed by atoms with van der Waals surface area (Å²) in [6, 6.07) is 0. The monoisotopic (exact) mass is 168 g/mol. The number of hydrogen-bond acceptors (Lipinski definition) is 2. The Morgan fingerprint density at radius 2 is 2.08 bits per heavy atom. The van der Waals surface area contributed by atoms with E-state index in [0.717, 1.165) is 6.42 Å². The van der Waals surface area contributed by atoms with Crippen LogP contribution in [-0.4, -0.2) is 23.9 Å². The average Bonchev–Trinajstić information content (AvgIpc) is 2.74. The van der Waals surface area contributed by atoms with E-state index in [0.29, 0.717) is 30.1 Å². The molecule has 3 fully saturated rings. The van der Waals surface area contributed by atoms with E-state index < -0.39 is 0 Å². The first-order valence-corrected chi connectivity index (χ1v) is 5.04. The lowest BCUT2D eigenvalue weighted by atomic mass is 9.86. The molecule has 2 heterocycles. The predicted octanol–water partition coefficient (Wildman–Crippen LogP) is 1.59. The van der Waals surface area contributed by atoms with Gasteiger partial charge in [0.25, 0.3) is 0 Å².